The van der Waals surface area contributed by atoms with Gasteiger partial charge in [-0.2, -0.15) is 0 Å². The van der Waals surface area contributed by atoms with Crippen LogP contribution in [0.5, 0.6) is 5.75 Å². The number of thiophene rings is 1. The van der Waals surface area contributed by atoms with Crippen LogP contribution in [0.4, 0.5) is 5.69 Å². The average molecular weight is 486 g/mol. The summed E-state index contributed by atoms with van der Waals surface area (Å²) in [5.74, 6) is 0.549. The fourth-order valence-corrected chi connectivity index (χ4v) is 4.54. The molecule has 5 rings (SSSR count). The number of rotatable bonds is 6. The Bertz CT molecular complexity index is 1610. The van der Waals surface area contributed by atoms with Crippen LogP contribution in [0.2, 0.25) is 5.02 Å². The van der Waals surface area contributed by atoms with E-state index in [9.17, 15) is 14.4 Å². The molecule has 0 atom stereocenters. The summed E-state index contributed by atoms with van der Waals surface area (Å²) in [5.41, 5.74) is -0.0467. The van der Waals surface area contributed by atoms with E-state index in [1.807, 2.05) is 0 Å². The molecule has 0 bridgehead atoms. The van der Waals surface area contributed by atoms with Gasteiger partial charge in [-0.25, -0.2) is 13.9 Å². The van der Waals surface area contributed by atoms with E-state index in [-0.39, 0.29) is 24.4 Å². The number of ether oxygens (including phenoxy) is 1. The van der Waals surface area contributed by atoms with Crippen molar-refractivity contribution < 1.29 is 13.9 Å². The van der Waals surface area contributed by atoms with Crippen molar-refractivity contribution in [3.8, 4) is 5.75 Å². The van der Waals surface area contributed by atoms with Crippen LogP contribution in [0.3, 0.4) is 0 Å². The monoisotopic (exact) mass is 485 g/mol. The molecule has 4 aromatic heterocycles. The second-order valence-corrected chi connectivity index (χ2v) is 8.43. The lowest BCUT2D eigenvalue weighted by Crippen LogP contribution is -2.29. The van der Waals surface area contributed by atoms with Crippen molar-refractivity contribution >= 4 is 50.5 Å². The van der Waals surface area contributed by atoms with Gasteiger partial charge in [0.25, 0.3) is 5.56 Å². The summed E-state index contributed by atoms with van der Waals surface area (Å²) in [7, 11) is 1.47. The van der Waals surface area contributed by atoms with Gasteiger partial charge in [-0.1, -0.05) is 11.6 Å². The number of nitrogens with one attached hydrogen (secondary N) is 1. The smallest absolute Gasteiger partial charge is 0.352 e. The van der Waals surface area contributed by atoms with Crippen LogP contribution in [0.1, 0.15) is 5.76 Å². The van der Waals surface area contributed by atoms with Gasteiger partial charge in [0.1, 0.15) is 22.8 Å². The summed E-state index contributed by atoms with van der Waals surface area (Å²) in [6, 6.07) is 9.91. The largest absolute Gasteiger partial charge is 0.495 e. The Morgan fingerprint density at radius 1 is 1.27 bits per heavy atom. The zero-order valence-corrected chi connectivity index (χ0v) is 18.7. The third-order valence-corrected chi connectivity index (χ3v) is 6.14. The zero-order valence-electron chi connectivity index (χ0n) is 17.1. The molecule has 12 heteroatoms. The summed E-state index contributed by atoms with van der Waals surface area (Å²) in [6.45, 7) is -0.289. The highest BCUT2D eigenvalue weighted by Crippen LogP contribution is 2.27. The zero-order chi connectivity index (χ0) is 23.1. The van der Waals surface area contributed by atoms with Crippen molar-refractivity contribution in [1.29, 1.82) is 0 Å². The molecule has 4 heterocycles. The van der Waals surface area contributed by atoms with Gasteiger partial charge >= 0.3 is 5.69 Å². The minimum absolute atomic E-state index is 0.0888. The van der Waals surface area contributed by atoms with E-state index in [1.165, 1.54) is 33.7 Å². The standard InChI is InChI=1S/C21H16ClN5O5S/c1-31-16-5-4-12(22)9-14(16)23-17(28)11-26-21(30)27-15-6-8-33-18(15)19(29)25(20(27)24-26)10-13-3-2-7-32-13/h2-9H,10-11H2,1H3,(H,23,28). The van der Waals surface area contributed by atoms with Gasteiger partial charge < -0.3 is 14.5 Å². The molecule has 0 aliphatic rings. The third-order valence-electron chi connectivity index (χ3n) is 5.01. The van der Waals surface area contributed by atoms with Crippen molar-refractivity contribution in [2.45, 2.75) is 13.1 Å². The highest BCUT2D eigenvalue weighted by atomic mass is 35.5. The Labute approximate surface area is 194 Å². The molecule has 0 spiro atoms. The SMILES string of the molecule is COc1ccc(Cl)cc1NC(=O)Cn1nc2n(Cc3ccco3)c(=O)c3sccc3n2c1=O. The van der Waals surface area contributed by atoms with Gasteiger partial charge in [0.15, 0.2) is 0 Å². The second-order valence-electron chi connectivity index (χ2n) is 7.07. The number of benzene rings is 1. The Kier molecular flexibility index (Phi) is 5.27. The molecule has 0 aliphatic carbocycles. The molecule has 33 heavy (non-hydrogen) atoms. The van der Waals surface area contributed by atoms with Crippen molar-refractivity contribution in [2.24, 2.45) is 0 Å². The van der Waals surface area contributed by atoms with Crippen LogP contribution in [0.15, 0.2) is 62.0 Å². The van der Waals surface area contributed by atoms with E-state index in [2.05, 4.69) is 10.4 Å². The molecule has 1 N–H and O–H groups in total. The fourth-order valence-electron chi connectivity index (χ4n) is 3.54. The summed E-state index contributed by atoms with van der Waals surface area (Å²) in [5, 5.41) is 9.12. The lowest BCUT2D eigenvalue weighted by molar-refractivity contribution is -0.117. The third kappa shape index (κ3) is 3.70. The average Bonchev–Trinajstić information content (AvgIpc) is 3.53. The van der Waals surface area contributed by atoms with Crippen LogP contribution in [0.25, 0.3) is 16.0 Å². The van der Waals surface area contributed by atoms with Crippen molar-refractivity contribution in [2.75, 3.05) is 12.4 Å². The van der Waals surface area contributed by atoms with E-state index >= 15 is 0 Å². The van der Waals surface area contributed by atoms with Gasteiger partial charge in [-0.15, -0.1) is 16.4 Å². The fraction of sp³-hybridized carbons (Fsp3) is 0.143. The molecule has 0 aliphatic heterocycles. The Hall–Kier alpha value is -3.83. The first-order valence-electron chi connectivity index (χ1n) is 9.71. The van der Waals surface area contributed by atoms with Gasteiger partial charge in [-0.05, 0) is 41.8 Å². The molecule has 0 fully saturated rings. The maximum Gasteiger partial charge on any atom is 0.352 e. The number of anilines is 1. The summed E-state index contributed by atoms with van der Waals surface area (Å²) in [6.07, 6.45) is 1.50. The minimum atomic E-state index is -0.546. The highest BCUT2D eigenvalue weighted by Gasteiger charge is 2.20. The molecule has 1 amide bonds. The molecule has 168 valence electrons. The number of carbonyl (C=O) groups is 1. The lowest BCUT2D eigenvalue weighted by atomic mass is 10.3. The predicted octanol–water partition coefficient (Wildman–Crippen LogP) is 2.81. The Morgan fingerprint density at radius 2 is 2.12 bits per heavy atom. The summed E-state index contributed by atoms with van der Waals surface area (Å²) in [4.78, 5) is 39.0. The van der Waals surface area contributed by atoms with Gasteiger partial charge in [0, 0.05) is 5.02 Å². The first kappa shape index (κ1) is 21.0. The molecule has 5 aromatic rings. The highest BCUT2D eigenvalue weighted by molar-refractivity contribution is 7.17. The number of halogens is 1. The van der Waals surface area contributed by atoms with E-state index in [0.717, 1.165) is 4.68 Å². The van der Waals surface area contributed by atoms with Crippen LogP contribution in [-0.2, 0) is 17.9 Å². The molecule has 0 unspecified atom stereocenters. The number of hydrogen-bond donors (Lipinski definition) is 1. The van der Waals surface area contributed by atoms with E-state index in [1.54, 1.807) is 41.8 Å². The van der Waals surface area contributed by atoms with Gasteiger partial charge in [0.2, 0.25) is 11.7 Å². The number of furan rings is 1. The molecule has 0 saturated carbocycles. The number of carbonyl (C=O) groups excluding carboxylic acids is 1. The number of methoxy groups -OCH3 is 1. The topological polar surface area (TPSA) is 113 Å². The van der Waals surface area contributed by atoms with Crippen molar-refractivity contribution in [1.82, 2.24) is 18.7 Å². The number of nitrogens with zero attached hydrogens (tertiary/aromatic N) is 4. The minimum Gasteiger partial charge on any atom is -0.495 e. The maximum absolute atomic E-state index is 13.2. The molecule has 0 saturated heterocycles. The number of fused-ring (bicyclic) bond motifs is 3. The predicted molar refractivity (Wildman–Crippen MR) is 124 cm³/mol. The first-order chi connectivity index (χ1) is 16.0. The Morgan fingerprint density at radius 3 is 2.88 bits per heavy atom. The Balaban J connectivity index is 1.57. The summed E-state index contributed by atoms with van der Waals surface area (Å²) >= 11 is 7.24. The molecular formula is C21H16ClN5O5S. The van der Waals surface area contributed by atoms with Crippen LogP contribution < -0.4 is 21.3 Å². The van der Waals surface area contributed by atoms with Crippen LogP contribution in [0, 0.1) is 0 Å². The number of hydrogen-bond acceptors (Lipinski definition) is 7. The van der Waals surface area contributed by atoms with Crippen LogP contribution >= 0.6 is 22.9 Å². The number of aromatic nitrogens is 4. The molecule has 0 radical (unpaired) electrons. The number of amides is 1. The van der Waals surface area contributed by atoms with E-state index < -0.39 is 11.6 Å². The normalized spacial score (nSPS) is 11.3. The molecular weight excluding hydrogens is 470 g/mol. The van der Waals surface area contributed by atoms with E-state index in [4.69, 9.17) is 20.8 Å². The summed E-state index contributed by atoms with van der Waals surface area (Å²) < 4.78 is 14.7. The maximum atomic E-state index is 13.2. The van der Waals surface area contributed by atoms with E-state index in [0.29, 0.717) is 32.4 Å². The lowest BCUT2D eigenvalue weighted by Gasteiger charge is -2.10. The van der Waals surface area contributed by atoms with Gasteiger partial charge in [-0.3, -0.25) is 14.2 Å². The quantitative estimate of drug-likeness (QED) is 0.395. The molecule has 10 nitrogen and oxygen atoms in total. The first-order valence-corrected chi connectivity index (χ1v) is 11.0. The van der Waals surface area contributed by atoms with Crippen molar-refractivity contribution in [3.05, 3.63) is 79.7 Å². The van der Waals surface area contributed by atoms with Crippen LogP contribution in [-0.4, -0.2) is 31.8 Å². The van der Waals surface area contributed by atoms with Crippen molar-refractivity contribution in [3.63, 3.8) is 0 Å². The van der Waals surface area contributed by atoms with Gasteiger partial charge in [0.05, 0.1) is 31.1 Å². The molecule has 1 aromatic carbocycles. The second kappa shape index (κ2) is 8.26.